The molecule has 0 saturated heterocycles. The van der Waals surface area contributed by atoms with E-state index in [1.54, 1.807) is 0 Å². The molecular formula is C58H116N2O6P+. The Morgan fingerprint density at radius 1 is 0.507 bits per heavy atom. The molecule has 0 aromatic carbocycles. The average Bonchev–Trinajstić information content (AvgIpc) is 3.29. The second-order valence-electron chi connectivity index (χ2n) is 21.4. The molecule has 0 spiro atoms. The number of aliphatic hydroxyl groups is 1. The molecule has 0 aliphatic carbocycles. The lowest BCUT2D eigenvalue weighted by molar-refractivity contribution is -0.870. The van der Waals surface area contributed by atoms with Crippen LogP contribution < -0.4 is 5.32 Å². The summed E-state index contributed by atoms with van der Waals surface area (Å²) in [5.41, 5.74) is 0. The number of likely N-dealkylation sites (N-methyl/N-ethyl adjacent to an activating group) is 1. The van der Waals surface area contributed by atoms with Gasteiger partial charge in [-0.1, -0.05) is 269 Å². The van der Waals surface area contributed by atoms with Crippen molar-refractivity contribution in [2.24, 2.45) is 0 Å². The van der Waals surface area contributed by atoms with E-state index in [4.69, 9.17) is 9.05 Å². The largest absolute Gasteiger partial charge is 0.472 e. The Morgan fingerprint density at radius 2 is 0.881 bits per heavy atom. The lowest BCUT2D eigenvalue weighted by Crippen LogP contribution is -2.46. The number of aliphatic hydroxyl groups excluding tert-OH is 1. The van der Waals surface area contributed by atoms with Crippen LogP contribution in [-0.2, 0) is 18.4 Å². The van der Waals surface area contributed by atoms with Gasteiger partial charge in [0.15, 0.2) is 0 Å². The van der Waals surface area contributed by atoms with E-state index in [9.17, 15) is 19.4 Å². The SMILES string of the molecule is CCC/C=C\C/C=C\CCCCCCCC(=O)NC(COP(=O)(O)OCC[N+](C)(C)C)C(O)CCCCCCCCCCCCCCCCCCCCCCCCCCCCCCCCCC. The van der Waals surface area contributed by atoms with E-state index in [0.29, 0.717) is 23.9 Å². The highest BCUT2D eigenvalue weighted by Crippen LogP contribution is 2.43. The zero-order chi connectivity index (χ0) is 49.2. The van der Waals surface area contributed by atoms with E-state index in [1.807, 2.05) is 21.1 Å². The molecule has 9 heteroatoms. The molecule has 0 heterocycles. The van der Waals surface area contributed by atoms with Crippen molar-refractivity contribution < 1.29 is 32.9 Å². The number of unbranched alkanes of at least 4 members (excludes halogenated alkanes) is 37. The van der Waals surface area contributed by atoms with E-state index in [1.165, 1.54) is 193 Å². The standard InChI is InChI=1S/C58H115N2O6P/c1-6-8-10-12-14-16-18-20-21-22-23-24-25-26-27-28-29-30-31-32-33-34-35-36-37-38-40-41-43-45-47-49-51-57(61)56(55-66-67(63,64)65-54-53-60(3,4)5)59-58(62)52-50-48-46-44-42-39-19-17-15-13-11-9-7-2/h11,13,17,19,56-57,61H,6-10,12,14-16,18,20-55H2,1-5H3,(H-,59,62,63,64)/p+1/b13-11-,19-17-. The van der Waals surface area contributed by atoms with Crippen LogP contribution in [0.1, 0.15) is 290 Å². The van der Waals surface area contributed by atoms with Crippen LogP contribution in [0.15, 0.2) is 24.3 Å². The molecule has 0 rings (SSSR count). The van der Waals surface area contributed by atoms with Gasteiger partial charge in [-0.05, 0) is 38.5 Å². The van der Waals surface area contributed by atoms with Crippen LogP contribution in [0.5, 0.6) is 0 Å². The van der Waals surface area contributed by atoms with Crippen LogP contribution >= 0.6 is 7.82 Å². The van der Waals surface area contributed by atoms with Crippen molar-refractivity contribution in [3.63, 3.8) is 0 Å². The highest BCUT2D eigenvalue weighted by molar-refractivity contribution is 7.47. The fourth-order valence-electron chi connectivity index (χ4n) is 8.85. The third-order valence-corrected chi connectivity index (χ3v) is 14.4. The van der Waals surface area contributed by atoms with Crippen LogP contribution in [0, 0.1) is 0 Å². The number of hydrogen-bond acceptors (Lipinski definition) is 5. The number of quaternary nitrogens is 1. The maximum atomic E-state index is 12.9. The minimum Gasteiger partial charge on any atom is -0.391 e. The molecule has 3 atom stereocenters. The predicted octanol–water partition coefficient (Wildman–Crippen LogP) is 17.6. The topological polar surface area (TPSA) is 105 Å². The van der Waals surface area contributed by atoms with Gasteiger partial charge in [0.2, 0.25) is 5.91 Å². The summed E-state index contributed by atoms with van der Waals surface area (Å²) in [6.45, 7) is 4.84. The number of hydrogen-bond donors (Lipinski definition) is 3. The van der Waals surface area contributed by atoms with Crippen molar-refractivity contribution in [2.45, 2.75) is 302 Å². The summed E-state index contributed by atoms with van der Waals surface area (Å²) in [5, 5.41) is 14.0. The number of nitrogens with zero attached hydrogens (tertiary/aromatic N) is 1. The van der Waals surface area contributed by atoms with Gasteiger partial charge in [0.05, 0.1) is 39.9 Å². The van der Waals surface area contributed by atoms with Crippen molar-refractivity contribution in [1.29, 1.82) is 0 Å². The van der Waals surface area contributed by atoms with E-state index in [2.05, 4.69) is 43.5 Å². The van der Waals surface area contributed by atoms with Crippen LogP contribution in [0.25, 0.3) is 0 Å². The highest BCUT2D eigenvalue weighted by Gasteiger charge is 2.28. The lowest BCUT2D eigenvalue weighted by atomic mass is 10.0. The molecule has 8 nitrogen and oxygen atoms in total. The first-order valence-electron chi connectivity index (χ1n) is 29.2. The first-order valence-corrected chi connectivity index (χ1v) is 30.7. The summed E-state index contributed by atoms with van der Waals surface area (Å²) in [4.78, 5) is 23.2. The molecule has 0 aliphatic rings. The van der Waals surface area contributed by atoms with E-state index >= 15 is 0 Å². The van der Waals surface area contributed by atoms with Crippen molar-refractivity contribution in [3.8, 4) is 0 Å². The van der Waals surface area contributed by atoms with Crippen LogP contribution in [0.2, 0.25) is 0 Å². The Kier molecular flexibility index (Phi) is 49.2. The number of rotatable bonds is 54. The number of phosphoric acid groups is 1. The maximum Gasteiger partial charge on any atom is 0.472 e. The smallest absolute Gasteiger partial charge is 0.391 e. The second kappa shape index (κ2) is 49.9. The Balaban J connectivity index is 3.98. The summed E-state index contributed by atoms with van der Waals surface area (Å²) in [5.74, 6) is -0.156. The van der Waals surface area contributed by atoms with Gasteiger partial charge >= 0.3 is 7.82 Å². The van der Waals surface area contributed by atoms with E-state index in [0.717, 1.165) is 70.6 Å². The predicted molar refractivity (Wildman–Crippen MR) is 291 cm³/mol. The zero-order valence-electron chi connectivity index (χ0n) is 45.4. The molecular weight excluding hydrogens is 852 g/mol. The summed E-state index contributed by atoms with van der Waals surface area (Å²) in [7, 11) is 1.61. The summed E-state index contributed by atoms with van der Waals surface area (Å²) < 4.78 is 23.7. The Bertz CT molecular complexity index is 1140. The van der Waals surface area contributed by atoms with Gasteiger partial charge < -0.3 is 19.8 Å². The number of carbonyl (C=O) groups excluding carboxylic acids is 1. The molecule has 0 aliphatic heterocycles. The molecule has 0 aromatic heterocycles. The quantitative estimate of drug-likeness (QED) is 0.0243. The van der Waals surface area contributed by atoms with Crippen molar-refractivity contribution in [1.82, 2.24) is 5.32 Å². The molecule has 0 aromatic rings. The van der Waals surface area contributed by atoms with Gasteiger partial charge in [0, 0.05) is 6.42 Å². The Labute approximate surface area is 417 Å². The molecule has 0 saturated carbocycles. The molecule has 0 radical (unpaired) electrons. The maximum absolute atomic E-state index is 12.9. The number of carbonyl (C=O) groups is 1. The number of amides is 1. The average molecular weight is 969 g/mol. The Morgan fingerprint density at radius 3 is 1.28 bits per heavy atom. The Hall–Kier alpha value is -1.02. The minimum atomic E-state index is -4.32. The van der Waals surface area contributed by atoms with E-state index in [-0.39, 0.29) is 19.1 Å². The van der Waals surface area contributed by atoms with Crippen molar-refractivity contribution in [2.75, 3.05) is 40.9 Å². The van der Waals surface area contributed by atoms with Gasteiger partial charge in [-0.3, -0.25) is 13.8 Å². The minimum absolute atomic E-state index is 0.0727. The molecule has 398 valence electrons. The van der Waals surface area contributed by atoms with Gasteiger partial charge in [0.1, 0.15) is 13.2 Å². The van der Waals surface area contributed by atoms with Crippen LogP contribution in [0.4, 0.5) is 0 Å². The van der Waals surface area contributed by atoms with Crippen molar-refractivity contribution in [3.05, 3.63) is 24.3 Å². The van der Waals surface area contributed by atoms with Gasteiger partial charge in [0.25, 0.3) is 0 Å². The third-order valence-electron chi connectivity index (χ3n) is 13.4. The normalized spacial score (nSPS) is 14.1. The number of phosphoric ester groups is 1. The molecule has 0 bridgehead atoms. The number of allylic oxidation sites excluding steroid dienone is 4. The van der Waals surface area contributed by atoms with Gasteiger partial charge in [-0.15, -0.1) is 0 Å². The molecule has 67 heavy (non-hydrogen) atoms. The van der Waals surface area contributed by atoms with Crippen molar-refractivity contribution >= 4 is 13.7 Å². The monoisotopic (exact) mass is 968 g/mol. The molecule has 3 unspecified atom stereocenters. The third kappa shape index (κ3) is 52.6. The zero-order valence-corrected chi connectivity index (χ0v) is 46.3. The van der Waals surface area contributed by atoms with Crippen LogP contribution in [-0.4, -0.2) is 73.4 Å². The van der Waals surface area contributed by atoms with E-state index < -0.39 is 20.0 Å². The summed E-state index contributed by atoms with van der Waals surface area (Å²) in [6, 6.07) is -0.767. The summed E-state index contributed by atoms with van der Waals surface area (Å²) >= 11 is 0. The first-order chi connectivity index (χ1) is 32.5. The van der Waals surface area contributed by atoms with Crippen LogP contribution in [0.3, 0.4) is 0 Å². The van der Waals surface area contributed by atoms with Gasteiger partial charge in [-0.25, -0.2) is 4.57 Å². The molecule has 1 amide bonds. The number of nitrogens with one attached hydrogen (secondary N) is 1. The first kappa shape index (κ1) is 66.0. The highest BCUT2D eigenvalue weighted by atomic mass is 31.2. The molecule has 3 N–H and O–H groups in total. The lowest BCUT2D eigenvalue weighted by Gasteiger charge is -2.26. The van der Waals surface area contributed by atoms with Gasteiger partial charge in [-0.2, -0.15) is 0 Å². The second-order valence-corrected chi connectivity index (χ2v) is 22.8. The fraction of sp³-hybridized carbons (Fsp3) is 0.914. The fourth-order valence-corrected chi connectivity index (χ4v) is 9.59. The summed E-state index contributed by atoms with van der Waals surface area (Å²) in [6.07, 6.45) is 62.6. The molecule has 0 fully saturated rings.